The van der Waals surface area contributed by atoms with Crippen LogP contribution in [0, 0.1) is 0 Å². The number of hydrogen-bond acceptors (Lipinski definition) is 13. The molecular weight excluding hydrogens is 1170 g/mol. The van der Waals surface area contributed by atoms with Gasteiger partial charge in [0.2, 0.25) is 0 Å². The van der Waals surface area contributed by atoms with Crippen LogP contribution < -0.4 is 41.1 Å². The molecule has 0 spiro atoms. The molecule has 0 amide bonds. The highest BCUT2D eigenvalue weighted by atomic mass is 31.2. The molecular formula is C72H71O13P3. The molecule has 0 aliphatic carbocycles. The fraction of sp³-hybridized carbons (Fsp3) is 0.278. The highest BCUT2D eigenvalue weighted by Gasteiger charge is 2.39. The minimum Gasteiger partial charge on any atom is -0.497 e. The van der Waals surface area contributed by atoms with Crippen LogP contribution >= 0.6 is 25.4 Å². The van der Waals surface area contributed by atoms with Gasteiger partial charge < -0.3 is 59.7 Å². The van der Waals surface area contributed by atoms with Gasteiger partial charge >= 0.3 is 25.4 Å². The Bertz CT molecular complexity index is 4590. The van der Waals surface area contributed by atoms with E-state index in [0.717, 1.165) is 81.9 Å². The average molecular weight is 1240 g/mol. The van der Waals surface area contributed by atoms with Gasteiger partial charge in [0, 0.05) is 49.5 Å². The van der Waals surface area contributed by atoms with Crippen molar-refractivity contribution >= 4 is 90.5 Å². The summed E-state index contributed by atoms with van der Waals surface area (Å²) in [5.74, 6) is 5.04. The van der Waals surface area contributed by atoms with Gasteiger partial charge in [-0.3, -0.25) is 0 Å². The quantitative estimate of drug-likeness (QED) is 0.0935. The molecule has 10 aromatic carbocycles. The van der Waals surface area contributed by atoms with Crippen molar-refractivity contribution in [3.63, 3.8) is 0 Å². The summed E-state index contributed by atoms with van der Waals surface area (Å²) >= 11 is 0. The standard InChI is InChI=1S/C72H71O13P3/c1-69(2,3)53-30-40(38-73)28-49-50-29-41(39-74)31-54(70(4,5)6)64(50)81-86(80-63(49)53)78-58-26-18-22-44-33-45-23-19-27-59-62(45)68(61(44)58)85-88(79-59)83-66-52(35-47(76-14)37-56(66)72(10,11)12)51-34-46(75-13)36-55(71(7,8)9)65(51)82-87-77-57-25-17-21-43-32-42-20-15-16-24-48(42)67(84-87)60(43)57/h15-37,73-74H,38-39H2,1-14H3. The summed E-state index contributed by atoms with van der Waals surface area (Å²) in [6.45, 7) is 25.1. The molecule has 452 valence electrons. The maximum atomic E-state index is 10.7. The highest BCUT2D eigenvalue weighted by molar-refractivity contribution is 7.43. The van der Waals surface area contributed by atoms with E-state index in [1.807, 2.05) is 109 Å². The Morgan fingerprint density at radius 1 is 0.398 bits per heavy atom. The number of hydrogen-bond donors (Lipinski definition) is 2. The van der Waals surface area contributed by atoms with Crippen molar-refractivity contribution in [1.29, 1.82) is 0 Å². The summed E-state index contributed by atoms with van der Waals surface area (Å²) in [5.41, 5.74) is 5.31. The van der Waals surface area contributed by atoms with Crippen molar-refractivity contribution in [2.45, 2.75) is 118 Å². The molecule has 11 aromatic rings. The molecule has 2 atom stereocenters. The molecule has 13 rings (SSSR count). The number of ether oxygens (including phenoxy) is 2. The van der Waals surface area contributed by atoms with Crippen LogP contribution in [0.5, 0.6) is 51.7 Å². The third-order valence-corrected chi connectivity index (χ3v) is 19.3. The summed E-state index contributed by atoms with van der Waals surface area (Å²) < 4.78 is 76.2. The smallest absolute Gasteiger partial charge is 0.497 e. The maximum Gasteiger partial charge on any atom is 0.530 e. The monoisotopic (exact) mass is 1240 g/mol. The van der Waals surface area contributed by atoms with Gasteiger partial charge in [0.15, 0.2) is 5.75 Å². The lowest BCUT2D eigenvalue weighted by Gasteiger charge is -2.32. The van der Waals surface area contributed by atoms with Crippen molar-refractivity contribution in [1.82, 2.24) is 0 Å². The molecule has 3 heterocycles. The molecule has 0 saturated heterocycles. The molecule has 13 nitrogen and oxygen atoms in total. The fourth-order valence-corrected chi connectivity index (χ4v) is 15.2. The Labute approximate surface area is 515 Å². The second kappa shape index (κ2) is 22.0. The van der Waals surface area contributed by atoms with Crippen LogP contribution in [-0.4, -0.2) is 24.4 Å². The summed E-state index contributed by atoms with van der Waals surface area (Å²) in [6, 6.07) is 46.0. The van der Waals surface area contributed by atoms with E-state index in [1.54, 1.807) is 14.2 Å². The van der Waals surface area contributed by atoms with Gasteiger partial charge in [-0.25, -0.2) is 0 Å². The van der Waals surface area contributed by atoms with Gasteiger partial charge in [-0.2, -0.15) is 0 Å². The Balaban J connectivity index is 0.975. The Morgan fingerprint density at radius 2 is 0.830 bits per heavy atom. The number of rotatable bonds is 11. The molecule has 0 bridgehead atoms. The molecule has 16 heteroatoms. The van der Waals surface area contributed by atoms with Crippen molar-refractivity contribution < 1.29 is 59.7 Å². The molecule has 0 radical (unpaired) electrons. The zero-order valence-corrected chi connectivity index (χ0v) is 54.6. The van der Waals surface area contributed by atoms with Crippen LogP contribution in [0.25, 0.3) is 76.2 Å². The maximum absolute atomic E-state index is 10.7. The Hall–Kier alpha value is -7.88. The summed E-state index contributed by atoms with van der Waals surface area (Å²) in [4.78, 5) is 0. The molecule has 0 fully saturated rings. The lowest BCUT2D eigenvalue weighted by atomic mass is 9.81. The van der Waals surface area contributed by atoms with Crippen LogP contribution in [0.2, 0.25) is 0 Å². The predicted molar refractivity (Wildman–Crippen MR) is 354 cm³/mol. The second-order valence-electron chi connectivity index (χ2n) is 26.6. The third kappa shape index (κ3) is 10.6. The van der Waals surface area contributed by atoms with Gasteiger partial charge in [-0.1, -0.05) is 144 Å². The normalized spacial score (nSPS) is 15.0. The largest absolute Gasteiger partial charge is 0.530 e. The van der Waals surface area contributed by atoms with Crippen molar-refractivity contribution in [3.8, 4) is 62.9 Å². The SMILES string of the molecule is COc1cc(-c2cc(OC)cc(C(C)(C)C)c2OP2Oc3cccc4cc5cccc(Op6oc7c(C(C)(C)C)cc(CO)cc7c7cc(CO)cc(C(C)(C)C)c7o6)c5c(c34)O2)c(OP2Oc3cccc4cc5ccccc5c(c34)O2)c(C(C)(C)C)c1. The van der Waals surface area contributed by atoms with Crippen LogP contribution in [-0.2, 0) is 34.9 Å². The third-order valence-electron chi connectivity index (χ3n) is 16.3. The van der Waals surface area contributed by atoms with Gasteiger partial charge in [0.05, 0.1) is 43.6 Å². The molecule has 0 saturated carbocycles. The number of aliphatic hydroxyl groups excluding tert-OH is 2. The van der Waals surface area contributed by atoms with Crippen LogP contribution in [0.15, 0.2) is 148 Å². The summed E-state index contributed by atoms with van der Waals surface area (Å²) in [6.07, 6.45) is 0. The first-order valence-corrected chi connectivity index (χ1v) is 32.7. The fourth-order valence-electron chi connectivity index (χ4n) is 11.9. The number of benzene rings is 10. The van der Waals surface area contributed by atoms with E-state index in [0.29, 0.717) is 79.4 Å². The Morgan fingerprint density at radius 3 is 1.31 bits per heavy atom. The zero-order chi connectivity index (χ0) is 61.9. The zero-order valence-electron chi connectivity index (χ0n) is 51.9. The van der Waals surface area contributed by atoms with E-state index in [2.05, 4.69) is 113 Å². The van der Waals surface area contributed by atoms with E-state index in [-0.39, 0.29) is 13.2 Å². The highest BCUT2D eigenvalue weighted by Crippen LogP contribution is 2.62. The van der Waals surface area contributed by atoms with E-state index in [4.69, 9.17) is 49.5 Å². The number of methoxy groups -OCH3 is 2. The average Bonchev–Trinajstić information content (AvgIpc) is 0.954. The van der Waals surface area contributed by atoms with Crippen LogP contribution in [0.1, 0.15) is 116 Å². The first kappa shape index (κ1) is 59.1. The van der Waals surface area contributed by atoms with Crippen molar-refractivity contribution in [2.24, 2.45) is 0 Å². The van der Waals surface area contributed by atoms with Crippen LogP contribution in [0.3, 0.4) is 0 Å². The predicted octanol–water partition coefficient (Wildman–Crippen LogP) is 20.8. The van der Waals surface area contributed by atoms with Gasteiger partial charge in [-0.15, -0.1) is 0 Å². The molecule has 88 heavy (non-hydrogen) atoms. The summed E-state index contributed by atoms with van der Waals surface area (Å²) in [7, 11) is -3.38. The number of aliphatic hydroxyl groups is 2. The summed E-state index contributed by atoms with van der Waals surface area (Å²) in [5, 5.41) is 29.8. The van der Waals surface area contributed by atoms with Crippen molar-refractivity contribution in [3.05, 3.63) is 173 Å². The van der Waals surface area contributed by atoms with E-state index >= 15 is 0 Å². The van der Waals surface area contributed by atoms with E-state index < -0.39 is 47.1 Å². The van der Waals surface area contributed by atoms with Crippen LogP contribution in [0.4, 0.5) is 0 Å². The molecule has 2 unspecified atom stereocenters. The Kier molecular flexibility index (Phi) is 14.8. The van der Waals surface area contributed by atoms with Gasteiger partial charge in [0.25, 0.3) is 0 Å². The second-order valence-corrected chi connectivity index (χ2v) is 29.6. The topological polar surface area (TPSA) is 150 Å². The first-order valence-electron chi connectivity index (χ1n) is 29.4. The molecule has 2 aliphatic heterocycles. The lowest BCUT2D eigenvalue weighted by molar-refractivity contribution is 0.281. The molecule has 2 N–H and O–H groups in total. The lowest BCUT2D eigenvalue weighted by Crippen LogP contribution is -2.17. The minimum atomic E-state index is -2.31. The van der Waals surface area contributed by atoms with Gasteiger partial charge in [-0.05, 0) is 133 Å². The van der Waals surface area contributed by atoms with E-state index in [9.17, 15) is 10.2 Å². The van der Waals surface area contributed by atoms with Gasteiger partial charge in [0.1, 0.15) is 57.2 Å². The number of fused-ring (bicyclic) bond motifs is 7. The first-order chi connectivity index (χ1) is 41.9. The molecule has 2 aliphatic rings. The van der Waals surface area contributed by atoms with Crippen molar-refractivity contribution in [2.75, 3.05) is 14.2 Å². The van der Waals surface area contributed by atoms with E-state index in [1.165, 1.54) is 0 Å². The minimum absolute atomic E-state index is 0.183. The molecule has 1 aromatic heterocycles.